The number of hydrogen-bond donors (Lipinski definition) is 2. The fraction of sp³-hybridized carbons (Fsp3) is 1.00. The molecule has 120 valence electrons. The first-order chi connectivity index (χ1) is 9.65. The van der Waals surface area contributed by atoms with E-state index in [0.29, 0.717) is 6.04 Å². The zero-order valence-corrected chi connectivity index (χ0v) is 14.2. The molecule has 0 radical (unpaired) electrons. The van der Waals surface area contributed by atoms with Crippen LogP contribution in [0.2, 0.25) is 0 Å². The molecule has 0 heterocycles. The largest absolute Gasteiger partial charge is 0.328 e. The van der Waals surface area contributed by atoms with Crippen LogP contribution in [0.4, 0.5) is 0 Å². The Bertz CT molecular complexity index is 219. The normalized spacial score (nSPS) is 32.7. The molecule has 0 bridgehead atoms. The summed E-state index contributed by atoms with van der Waals surface area (Å²) in [4.78, 5) is 0. The molecular weight excluding hydrogens is 244 g/mol. The molecule has 0 aliphatic heterocycles. The molecule has 0 aromatic carbocycles. The van der Waals surface area contributed by atoms with Gasteiger partial charge < -0.3 is 11.1 Å². The molecule has 2 fully saturated rings. The second kappa shape index (κ2) is 10.6. The highest BCUT2D eigenvalue weighted by molar-refractivity contribution is 4.81. The van der Waals surface area contributed by atoms with Gasteiger partial charge >= 0.3 is 0 Å². The highest BCUT2D eigenvalue weighted by atomic mass is 14.9. The fourth-order valence-corrected chi connectivity index (χ4v) is 3.62. The maximum atomic E-state index is 5.80. The molecule has 0 saturated heterocycles. The molecule has 2 saturated carbocycles. The maximum absolute atomic E-state index is 5.80. The summed E-state index contributed by atoms with van der Waals surface area (Å²) >= 11 is 0. The van der Waals surface area contributed by atoms with Gasteiger partial charge in [0.2, 0.25) is 0 Å². The van der Waals surface area contributed by atoms with Gasteiger partial charge in [0, 0.05) is 12.1 Å². The first-order valence-electron chi connectivity index (χ1n) is 9.14. The second-order valence-electron chi connectivity index (χ2n) is 7.04. The van der Waals surface area contributed by atoms with E-state index < -0.39 is 0 Å². The molecule has 0 aromatic heterocycles. The SMILES string of the molecule is CCNC1CCCC(C)C1C.NC1CCCCCCC1. The Labute approximate surface area is 127 Å². The molecule has 2 nitrogen and oxygen atoms in total. The van der Waals surface area contributed by atoms with Gasteiger partial charge in [-0.05, 0) is 37.6 Å². The van der Waals surface area contributed by atoms with E-state index in [4.69, 9.17) is 5.73 Å². The monoisotopic (exact) mass is 282 g/mol. The third-order valence-electron chi connectivity index (χ3n) is 5.32. The van der Waals surface area contributed by atoms with Gasteiger partial charge in [0.1, 0.15) is 0 Å². The van der Waals surface area contributed by atoms with Crippen molar-refractivity contribution in [3.05, 3.63) is 0 Å². The van der Waals surface area contributed by atoms with Crippen LogP contribution in [-0.2, 0) is 0 Å². The number of nitrogens with two attached hydrogens (primary N) is 1. The van der Waals surface area contributed by atoms with Crippen molar-refractivity contribution in [2.45, 2.75) is 97.1 Å². The Morgan fingerprint density at radius 1 is 0.850 bits per heavy atom. The topological polar surface area (TPSA) is 38.0 Å². The van der Waals surface area contributed by atoms with Crippen LogP contribution in [0.3, 0.4) is 0 Å². The molecule has 2 aliphatic carbocycles. The molecule has 0 aromatic rings. The van der Waals surface area contributed by atoms with Gasteiger partial charge in [0.15, 0.2) is 0 Å². The van der Waals surface area contributed by atoms with E-state index in [0.717, 1.165) is 24.4 Å². The minimum atomic E-state index is 0.519. The van der Waals surface area contributed by atoms with Crippen LogP contribution < -0.4 is 11.1 Å². The van der Waals surface area contributed by atoms with E-state index in [-0.39, 0.29) is 0 Å². The summed E-state index contributed by atoms with van der Waals surface area (Å²) in [6.07, 6.45) is 13.8. The summed E-state index contributed by atoms with van der Waals surface area (Å²) in [7, 11) is 0. The van der Waals surface area contributed by atoms with Gasteiger partial charge in [-0.15, -0.1) is 0 Å². The van der Waals surface area contributed by atoms with Gasteiger partial charge in [0.05, 0.1) is 0 Å². The Morgan fingerprint density at radius 2 is 1.45 bits per heavy atom. The minimum Gasteiger partial charge on any atom is -0.328 e. The van der Waals surface area contributed by atoms with Gasteiger partial charge in [-0.1, -0.05) is 65.7 Å². The van der Waals surface area contributed by atoms with Gasteiger partial charge in [-0.2, -0.15) is 0 Å². The van der Waals surface area contributed by atoms with Crippen LogP contribution in [0.5, 0.6) is 0 Å². The van der Waals surface area contributed by atoms with Gasteiger partial charge in [-0.25, -0.2) is 0 Å². The molecule has 0 amide bonds. The van der Waals surface area contributed by atoms with Crippen molar-refractivity contribution in [1.82, 2.24) is 5.32 Å². The van der Waals surface area contributed by atoms with Crippen LogP contribution in [-0.4, -0.2) is 18.6 Å². The molecule has 3 atom stereocenters. The van der Waals surface area contributed by atoms with Crippen LogP contribution in [0, 0.1) is 11.8 Å². The lowest BCUT2D eigenvalue weighted by molar-refractivity contribution is 0.209. The van der Waals surface area contributed by atoms with Crippen LogP contribution in [0.15, 0.2) is 0 Å². The van der Waals surface area contributed by atoms with Crippen molar-refractivity contribution in [2.75, 3.05) is 6.54 Å². The molecular formula is C18H38N2. The van der Waals surface area contributed by atoms with E-state index in [9.17, 15) is 0 Å². The third-order valence-corrected chi connectivity index (χ3v) is 5.32. The first kappa shape index (κ1) is 18.0. The van der Waals surface area contributed by atoms with Gasteiger partial charge in [0.25, 0.3) is 0 Å². The highest BCUT2D eigenvalue weighted by Crippen LogP contribution is 2.29. The number of nitrogens with one attached hydrogen (secondary N) is 1. The Kier molecular flexibility index (Phi) is 9.54. The highest BCUT2D eigenvalue weighted by Gasteiger charge is 2.25. The summed E-state index contributed by atoms with van der Waals surface area (Å²) in [5.74, 6) is 1.80. The summed E-state index contributed by atoms with van der Waals surface area (Å²) in [6, 6.07) is 1.31. The van der Waals surface area contributed by atoms with E-state index in [2.05, 4.69) is 26.1 Å². The zero-order chi connectivity index (χ0) is 14.8. The van der Waals surface area contributed by atoms with E-state index >= 15 is 0 Å². The van der Waals surface area contributed by atoms with Crippen molar-refractivity contribution in [3.8, 4) is 0 Å². The molecule has 20 heavy (non-hydrogen) atoms. The standard InChI is InChI=1S/C10H21N.C8H17N/c1-4-11-10-7-5-6-8(2)9(10)3;9-8-6-4-2-1-3-5-7-8/h8-11H,4-7H2,1-3H3;8H,1-7,9H2. The second-order valence-corrected chi connectivity index (χ2v) is 7.04. The molecule has 2 aliphatic rings. The lowest BCUT2D eigenvalue weighted by Crippen LogP contribution is -2.40. The predicted molar refractivity (Wildman–Crippen MR) is 89.9 cm³/mol. The molecule has 2 rings (SSSR count). The average Bonchev–Trinajstić information content (AvgIpc) is 2.40. The molecule has 3 N–H and O–H groups in total. The molecule has 0 spiro atoms. The lowest BCUT2D eigenvalue weighted by Gasteiger charge is -2.34. The van der Waals surface area contributed by atoms with Crippen molar-refractivity contribution in [3.63, 3.8) is 0 Å². The Morgan fingerprint density at radius 3 is 2.05 bits per heavy atom. The smallest absolute Gasteiger partial charge is 0.00951 e. The molecule has 3 unspecified atom stereocenters. The van der Waals surface area contributed by atoms with Crippen molar-refractivity contribution >= 4 is 0 Å². The Hall–Kier alpha value is -0.0800. The first-order valence-corrected chi connectivity index (χ1v) is 9.14. The number of rotatable bonds is 2. The van der Waals surface area contributed by atoms with Crippen molar-refractivity contribution in [2.24, 2.45) is 17.6 Å². The number of hydrogen-bond acceptors (Lipinski definition) is 2. The summed E-state index contributed by atoms with van der Waals surface area (Å²) in [6.45, 7) is 8.10. The average molecular weight is 283 g/mol. The van der Waals surface area contributed by atoms with Crippen molar-refractivity contribution < 1.29 is 0 Å². The van der Waals surface area contributed by atoms with Crippen LogP contribution >= 0.6 is 0 Å². The van der Waals surface area contributed by atoms with E-state index in [1.54, 1.807) is 0 Å². The summed E-state index contributed by atoms with van der Waals surface area (Å²) in [5, 5.41) is 3.56. The van der Waals surface area contributed by atoms with E-state index in [1.165, 1.54) is 64.2 Å². The minimum absolute atomic E-state index is 0.519. The maximum Gasteiger partial charge on any atom is 0.00951 e. The van der Waals surface area contributed by atoms with Crippen LogP contribution in [0.1, 0.15) is 85.0 Å². The molecule has 2 heteroatoms. The lowest BCUT2D eigenvalue weighted by atomic mass is 9.78. The predicted octanol–water partition coefficient (Wildman–Crippen LogP) is 4.48. The fourth-order valence-electron chi connectivity index (χ4n) is 3.62. The van der Waals surface area contributed by atoms with Gasteiger partial charge in [-0.3, -0.25) is 0 Å². The summed E-state index contributed by atoms with van der Waals surface area (Å²) in [5.41, 5.74) is 5.80. The third kappa shape index (κ3) is 7.08. The Balaban J connectivity index is 0.000000204. The van der Waals surface area contributed by atoms with E-state index in [1.807, 2.05) is 0 Å². The van der Waals surface area contributed by atoms with Crippen LogP contribution in [0.25, 0.3) is 0 Å². The summed E-state index contributed by atoms with van der Waals surface area (Å²) < 4.78 is 0. The van der Waals surface area contributed by atoms with Crippen molar-refractivity contribution in [1.29, 1.82) is 0 Å². The quantitative estimate of drug-likeness (QED) is 0.783. The zero-order valence-electron chi connectivity index (χ0n) is 14.2.